The lowest BCUT2D eigenvalue weighted by Crippen LogP contribution is -2.48. The minimum absolute atomic E-state index is 0.0230. The zero-order valence-corrected chi connectivity index (χ0v) is 20.4. The second-order valence-electron chi connectivity index (χ2n) is 8.15. The molecular formula is C23H21ClFN5O5S. The molecule has 1 fully saturated rings. The van der Waals surface area contributed by atoms with E-state index in [1.165, 1.54) is 28.8 Å². The summed E-state index contributed by atoms with van der Waals surface area (Å²) in [4.78, 5) is 28.6. The lowest BCUT2D eigenvalue weighted by molar-refractivity contribution is -0.120. The second-order valence-corrected chi connectivity index (χ2v) is 9.65. The molecule has 2 aliphatic rings. The molecule has 3 aromatic rings. The Hall–Kier alpha value is -3.35. The topological polar surface area (TPSA) is 121 Å². The third kappa shape index (κ3) is 5.11. The molecule has 3 heterocycles. The number of hydrogen-bond donors (Lipinski definition) is 2. The molecule has 0 aliphatic carbocycles. The Balaban J connectivity index is 1.53. The first-order valence-electron chi connectivity index (χ1n) is 11.1. The Bertz CT molecular complexity index is 1280. The first-order valence-corrected chi connectivity index (χ1v) is 12.4. The van der Waals surface area contributed by atoms with Gasteiger partial charge < -0.3 is 29.4 Å². The number of carbonyl (C=O) groups excluding carboxylic acids is 1. The van der Waals surface area contributed by atoms with Gasteiger partial charge in [0, 0.05) is 28.8 Å². The molecule has 0 saturated carbocycles. The van der Waals surface area contributed by atoms with Gasteiger partial charge in [-0.25, -0.2) is 9.18 Å². The minimum atomic E-state index is -1.32. The molecule has 2 amide bonds. The summed E-state index contributed by atoms with van der Waals surface area (Å²) in [5, 5.41) is 20.1. The van der Waals surface area contributed by atoms with Gasteiger partial charge in [0.05, 0.1) is 31.0 Å². The molecule has 0 unspecified atom stereocenters. The van der Waals surface area contributed by atoms with E-state index in [1.54, 1.807) is 24.3 Å². The summed E-state index contributed by atoms with van der Waals surface area (Å²) in [5.74, 6) is -0.974. The van der Waals surface area contributed by atoms with Crippen molar-refractivity contribution in [1.82, 2.24) is 15.5 Å². The molecule has 36 heavy (non-hydrogen) atoms. The summed E-state index contributed by atoms with van der Waals surface area (Å²) < 4.78 is 26.4. The third-order valence-electron chi connectivity index (χ3n) is 5.79. The van der Waals surface area contributed by atoms with Gasteiger partial charge in [0.1, 0.15) is 11.9 Å². The van der Waals surface area contributed by atoms with Crippen LogP contribution in [0.3, 0.4) is 0 Å². The van der Waals surface area contributed by atoms with Gasteiger partial charge in [0.15, 0.2) is 0 Å². The molecule has 13 heteroatoms. The number of nitrogens with zero attached hydrogens (tertiary/aromatic N) is 4. The smallest absolute Gasteiger partial charge is 0.405 e. The molecule has 1 aromatic heterocycles. The number of carboxylic acid groups (broad SMARTS) is 1. The van der Waals surface area contributed by atoms with Gasteiger partial charge in [-0.3, -0.25) is 4.79 Å². The van der Waals surface area contributed by atoms with Crippen molar-refractivity contribution in [2.75, 3.05) is 41.9 Å². The number of hydrogen-bond acceptors (Lipinski definition) is 8. The molecule has 188 valence electrons. The number of amides is 2. The number of benzene rings is 2. The summed E-state index contributed by atoms with van der Waals surface area (Å²) in [6, 6.07) is 8.97. The van der Waals surface area contributed by atoms with Crippen LogP contribution in [0.2, 0.25) is 5.02 Å². The van der Waals surface area contributed by atoms with Crippen LogP contribution in [-0.2, 0) is 16.1 Å². The predicted molar refractivity (Wildman–Crippen MR) is 131 cm³/mol. The van der Waals surface area contributed by atoms with Crippen LogP contribution in [0.5, 0.6) is 0 Å². The maximum absolute atomic E-state index is 15.2. The Kier molecular flexibility index (Phi) is 6.99. The van der Waals surface area contributed by atoms with Crippen molar-refractivity contribution in [3.05, 3.63) is 52.8 Å². The largest absolute Gasteiger partial charge is 0.465 e. The van der Waals surface area contributed by atoms with Crippen LogP contribution in [0.15, 0.2) is 45.7 Å². The van der Waals surface area contributed by atoms with E-state index in [-0.39, 0.29) is 29.8 Å². The van der Waals surface area contributed by atoms with Crippen molar-refractivity contribution in [1.29, 1.82) is 0 Å². The van der Waals surface area contributed by atoms with Crippen LogP contribution in [-0.4, -0.2) is 65.4 Å². The van der Waals surface area contributed by atoms with Crippen LogP contribution < -0.4 is 15.1 Å². The summed E-state index contributed by atoms with van der Waals surface area (Å²) in [6.07, 6.45) is -1.32. The average Bonchev–Trinajstić information content (AvgIpc) is 3.32. The maximum atomic E-state index is 15.2. The molecule has 2 aromatic carbocycles. The molecule has 1 atom stereocenters. The van der Waals surface area contributed by atoms with Crippen molar-refractivity contribution in [3.63, 3.8) is 0 Å². The first kappa shape index (κ1) is 24.3. The van der Waals surface area contributed by atoms with E-state index in [9.17, 15) is 14.7 Å². The Morgan fingerprint density at radius 2 is 1.97 bits per heavy atom. The van der Waals surface area contributed by atoms with E-state index < -0.39 is 23.9 Å². The van der Waals surface area contributed by atoms with Crippen molar-refractivity contribution < 1.29 is 28.2 Å². The van der Waals surface area contributed by atoms with Gasteiger partial charge >= 0.3 is 12.1 Å². The van der Waals surface area contributed by atoms with E-state index in [2.05, 4.69) is 15.5 Å². The van der Waals surface area contributed by atoms with Gasteiger partial charge in [-0.15, -0.1) is 16.9 Å². The number of halogens is 2. The summed E-state index contributed by atoms with van der Waals surface area (Å²) >= 11 is 7.19. The van der Waals surface area contributed by atoms with Crippen molar-refractivity contribution in [2.24, 2.45) is 0 Å². The lowest BCUT2D eigenvalue weighted by atomic mass is 10.1. The number of carbonyl (C=O) groups is 2. The van der Waals surface area contributed by atoms with Gasteiger partial charge in [0.2, 0.25) is 0 Å². The zero-order valence-electron chi connectivity index (χ0n) is 18.8. The number of ether oxygens (including phenoxy) is 1. The number of nitrogens with one attached hydrogen (secondary N) is 1. The average molecular weight is 534 g/mol. The molecular weight excluding hydrogens is 513 g/mol. The Morgan fingerprint density at radius 3 is 2.69 bits per heavy atom. The number of thioether (sulfide) groups is 1. The SMILES string of the molecule is O=C(O)N[C@H]1CSc2cc(F)c(-c3nnc(N4CCOCC4)o3)cc2N(Cc2ccc(Cl)cc2)C1=O. The van der Waals surface area contributed by atoms with Crippen LogP contribution in [0, 0.1) is 5.82 Å². The van der Waals surface area contributed by atoms with E-state index in [0.29, 0.717) is 41.9 Å². The molecule has 1 saturated heterocycles. The highest BCUT2D eigenvalue weighted by molar-refractivity contribution is 7.99. The van der Waals surface area contributed by atoms with Crippen LogP contribution in [0.25, 0.3) is 11.5 Å². The van der Waals surface area contributed by atoms with Crippen molar-refractivity contribution in [3.8, 4) is 11.5 Å². The lowest BCUT2D eigenvalue weighted by Gasteiger charge is -2.26. The molecule has 0 radical (unpaired) electrons. The Morgan fingerprint density at radius 1 is 1.22 bits per heavy atom. The van der Waals surface area contributed by atoms with Gasteiger partial charge in [0.25, 0.3) is 11.8 Å². The summed E-state index contributed by atoms with van der Waals surface area (Å²) in [7, 11) is 0. The normalized spacial score (nSPS) is 18.1. The zero-order chi connectivity index (χ0) is 25.2. The highest BCUT2D eigenvalue weighted by Crippen LogP contribution is 2.40. The minimum Gasteiger partial charge on any atom is -0.465 e. The summed E-state index contributed by atoms with van der Waals surface area (Å²) in [6.45, 7) is 2.32. The number of rotatable bonds is 5. The van der Waals surface area contributed by atoms with Crippen LogP contribution in [0.4, 0.5) is 20.9 Å². The van der Waals surface area contributed by atoms with Crippen LogP contribution in [0.1, 0.15) is 5.56 Å². The number of anilines is 2. The fraction of sp³-hybridized carbons (Fsp3) is 0.304. The molecule has 5 rings (SSSR count). The summed E-state index contributed by atoms with van der Waals surface area (Å²) in [5.41, 5.74) is 1.22. The molecule has 10 nitrogen and oxygen atoms in total. The maximum Gasteiger partial charge on any atom is 0.405 e. The quantitative estimate of drug-likeness (QED) is 0.506. The number of fused-ring (bicyclic) bond motifs is 1. The van der Waals surface area contributed by atoms with Gasteiger partial charge in [-0.2, -0.15) is 0 Å². The highest BCUT2D eigenvalue weighted by atomic mass is 35.5. The fourth-order valence-corrected chi connectivity index (χ4v) is 5.18. The van der Waals surface area contributed by atoms with Gasteiger partial charge in [-0.1, -0.05) is 28.8 Å². The molecule has 2 N–H and O–H groups in total. The number of aromatic nitrogens is 2. The fourth-order valence-electron chi connectivity index (χ4n) is 3.98. The predicted octanol–water partition coefficient (Wildman–Crippen LogP) is 3.64. The first-order chi connectivity index (χ1) is 17.4. The second kappa shape index (κ2) is 10.3. The third-order valence-corrected chi connectivity index (χ3v) is 7.18. The van der Waals surface area contributed by atoms with E-state index in [4.69, 9.17) is 20.8 Å². The monoisotopic (exact) mass is 533 g/mol. The highest BCUT2D eigenvalue weighted by Gasteiger charge is 2.33. The number of morpholine rings is 1. The van der Waals surface area contributed by atoms with E-state index in [1.807, 2.05) is 4.90 Å². The van der Waals surface area contributed by atoms with Crippen molar-refractivity contribution >= 4 is 47.1 Å². The molecule has 0 spiro atoms. The standard InChI is InChI=1S/C23H21ClFN5O5S/c24-14-3-1-13(2-4-14)11-30-18-9-15(20-27-28-22(35-20)29-5-7-34-8-6-29)16(25)10-19(18)36-12-17(21(30)31)26-23(32)33/h1-4,9-10,17,26H,5-8,11-12H2,(H,32,33)/t17-/m0/s1. The Labute approximate surface area is 214 Å². The van der Waals surface area contributed by atoms with Crippen LogP contribution >= 0.6 is 23.4 Å². The van der Waals surface area contributed by atoms with E-state index >= 15 is 4.39 Å². The van der Waals surface area contributed by atoms with E-state index in [0.717, 1.165) is 5.56 Å². The van der Waals surface area contributed by atoms with Gasteiger partial charge in [-0.05, 0) is 29.8 Å². The van der Waals surface area contributed by atoms with Crippen molar-refractivity contribution in [2.45, 2.75) is 17.5 Å². The molecule has 2 aliphatic heterocycles. The molecule has 0 bridgehead atoms.